The van der Waals surface area contributed by atoms with E-state index in [1.54, 1.807) is 0 Å². The predicted molar refractivity (Wildman–Crippen MR) is 83.5 cm³/mol. The maximum Gasteiger partial charge on any atom is 0.266 e. The number of nitrogens with two attached hydrogens (primary N) is 1. The Hall–Kier alpha value is -1.69. The number of hydrogen-bond donors (Lipinski definition) is 1. The fourth-order valence-corrected chi connectivity index (χ4v) is 4.76. The van der Waals surface area contributed by atoms with Gasteiger partial charge in [-0.3, -0.25) is 4.79 Å². The second-order valence-corrected chi connectivity index (χ2v) is 7.22. The van der Waals surface area contributed by atoms with Gasteiger partial charge < -0.3 is 10.6 Å². The molecule has 0 spiro atoms. The predicted octanol–water partition coefficient (Wildman–Crippen LogP) is 2.51. The maximum absolute atomic E-state index is 12.8. The van der Waals surface area contributed by atoms with Gasteiger partial charge in [-0.1, -0.05) is 0 Å². The minimum absolute atomic E-state index is 0.0831. The van der Waals surface area contributed by atoms with Crippen molar-refractivity contribution in [3.8, 4) is 0 Å². The van der Waals surface area contributed by atoms with Crippen molar-refractivity contribution in [2.45, 2.75) is 39.2 Å². The molecule has 3 heterocycles. The summed E-state index contributed by atoms with van der Waals surface area (Å²) in [6.07, 6.45) is 3.56. The number of likely N-dealkylation sites (tertiary alicyclic amines) is 1. The molecule has 1 saturated carbocycles. The van der Waals surface area contributed by atoms with Gasteiger partial charge in [0.25, 0.3) is 5.91 Å². The summed E-state index contributed by atoms with van der Waals surface area (Å²) in [6, 6.07) is 0.418. The highest BCUT2D eigenvalue weighted by Crippen LogP contribution is 2.41. The third kappa shape index (κ3) is 1.78. The smallest absolute Gasteiger partial charge is 0.266 e. The van der Waals surface area contributed by atoms with Gasteiger partial charge in [-0.15, -0.1) is 16.4 Å². The third-order valence-corrected chi connectivity index (χ3v) is 6.08. The van der Waals surface area contributed by atoms with Crippen LogP contribution in [0.25, 0.3) is 10.2 Å². The Morgan fingerprint density at radius 2 is 2.14 bits per heavy atom. The second kappa shape index (κ2) is 4.40. The first-order valence-corrected chi connectivity index (χ1v) is 8.20. The van der Waals surface area contributed by atoms with Crippen LogP contribution in [0.1, 0.15) is 40.2 Å². The van der Waals surface area contributed by atoms with E-state index in [1.165, 1.54) is 17.8 Å². The number of hydrogen-bond acceptors (Lipinski definition) is 5. The summed E-state index contributed by atoms with van der Waals surface area (Å²) in [7, 11) is 0. The molecule has 4 rings (SSSR count). The Morgan fingerprint density at radius 3 is 2.81 bits per heavy atom. The topological polar surface area (TPSA) is 72.1 Å². The molecule has 2 aromatic heterocycles. The first kappa shape index (κ1) is 13.0. The summed E-state index contributed by atoms with van der Waals surface area (Å²) in [6.45, 7) is 4.79. The number of nitrogens with zero attached hydrogens (tertiary/aromatic N) is 3. The first-order valence-electron chi connectivity index (χ1n) is 7.39. The number of nitrogen functional groups attached to an aromatic ring is 1. The fourth-order valence-electron chi connectivity index (χ4n) is 3.70. The van der Waals surface area contributed by atoms with Crippen LogP contribution in [-0.2, 0) is 0 Å². The molecular weight excluding hydrogens is 284 g/mol. The van der Waals surface area contributed by atoms with E-state index in [1.807, 2.05) is 18.7 Å². The van der Waals surface area contributed by atoms with Crippen LogP contribution >= 0.6 is 11.3 Å². The average Bonchev–Trinajstić information content (AvgIpc) is 3.16. The molecule has 2 bridgehead atoms. The van der Waals surface area contributed by atoms with Crippen LogP contribution in [-0.4, -0.2) is 33.6 Å². The standard InChI is InChI=1S/C15H18N4OS/c1-7-8(2)17-18-14-11(7)12(16)13(21-14)15(20)19-6-9-3-4-10(19)5-9/h9-10H,3-6,16H2,1-2H3. The van der Waals surface area contributed by atoms with E-state index >= 15 is 0 Å². The van der Waals surface area contributed by atoms with Crippen molar-refractivity contribution >= 4 is 33.1 Å². The van der Waals surface area contributed by atoms with E-state index in [-0.39, 0.29) is 5.91 Å². The van der Waals surface area contributed by atoms with Crippen molar-refractivity contribution in [3.05, 3.63) is 16.1 Å². The van der Waals surface area contributed by atoms with Crippen molar-refractivity contribution in [3.63, 3.8) is 0 Å². The molecule has 2 unspecified atom stereocenters. The van der Waals surface area contributed by atoms with Gasteiger partial charge in [0, 0.05) is 18.0 Å². The van der Waals surface area contributed by atoms with Crippen molar-refractivity contribution < 1.29 is 4.79 Å². The van der Waals surface area contributed by atoms with E-state index < -0.39 is 0 Å². The van der Waals surface area contributed by atoms with Gasteiger partial charge >= 0.3 is 0 Å². The van der Waals surface area contributed by atoms with Crippen molar-refractivity contribution in [2.75, 3.05) is 12.3 Å². The molecule has 0 radical (unpaired) electrons. The maximum atomic E-state index is 12.8. The molecule has 0 aromatic carbocycles. The first-order chi connectivity index (χ1) is 10.1. The van der Waals surface area contributed by atoms with Crippen molar-refractivity contribution in [1.82, 2.24) is 15.1 Å². The summed E-state index contributed by atoms with van der Waals surface area (Å²) in [5.41, 5.74) is 8.74. The lowest BCUT2D eigenvalue weighted by Crippen LogP contribution is -2.37. The lowest BCUT2D eigenvalue weighted by Gasteiger charge is -2.26. The summed E-state index contributed by atoms with van der Waals surface area (Å²) in [5.74, 6) is 0.776. The molecule has 1 aliphatic heterocycles. The van der Waals surface area contributed by atoms with Crippen LogP contribution in [0.3, 0.4) is 0 Å². The molecule has 2 fully saturated rings. The zero-order valence-electron chi connectivity index (χ0n) is 12.2. The second-order valence-electron chi connectivity index (χ2n) is 6.23. The van der Waals surface area contributed by atoms with Crippen LogP contribution in [0.2, 0.25) is 0 Å². The number of fused-ring (bicyclic) bond motifs is 3. The van der Waals surface area contributed by atoms with Crippen LogP contribution in [0.15, 0.2) is 0 Å². The fraction of sp³-hybridized carbons (Fsp3) is 0.533. The molecular formula is C15H18N4OS. The highest BCUT2D eigenvalue weighted by Gasteiger charge is 2.41. The zero-order chi connectivity index (χ0) is 14.7. The number of rotatable bonds is 1. The van der Waals surface area contributed by atoms with Gasteiger partial charge in [0.15, 0.2) is 0 Å². The van der Waals surface area contributed by atoms with Gasteiger partial charge in [0.1, 0.15) is 9.71 Å². The SMILES string of the molecule is Cc1nnc2sc(C(=O)N3CC4CCC3C4)c(N)c2c1C. The molecule has 2 aromatic rings. The minimum atomic E-state index is 0.0831. The van der Waals surface area contributed by atoms with Crippen molar-refractivity contribution in [1.29, 1.82) is 0 Å². The highest BCUT2D eigenvalue weighted by molar-refractivity contribution is 7.21. The molecule has 6 heteroatoms. The Labute approximate surface area is 127 Å². The van der Waals surface area contributed by atoms with E-state index in [4.69, 9.17) is 5.73 Å². The summed E-state index contributed by atoms with van der Waals surface area (Å²) >= 11 is 1.38. The summed E-state index contributed by atoms with van der Waals surface area (Å²) in [4.78, 5) is 16.3. The van der Waals surface area contributed by atoms with Crippen LogP contribution in [0, 0.1) is 19.8 Å². The van der Waals surface area contributed by atoms with Gasteiger partial charge in [-0.2, -0.15) is 5.10 Å². The minimum Gasteiger partial charge on any atom is -0.397 e. The van der Waals surface area contributed by atoms with E-state index in [2.05, 4.69) is 10.2 Å². The quantitative estimate of drug-likeness (QED) is 0.878. The molecule has 1 amide bonds. The Bertz CT molecular complexity index is 754. The number of carbonyl (C=O) groups is 1. The number of carbonyl (C=O) groups excluding carboxylic acids is 1. The van der Waals surface area contributed by atoms with Gasteiger partial charge in [0.2, 0.25) is 0 Å². The molecule has 2 N–H and O–H groups in total. The largest absolute Gasteiger partial charge is 0.397 e. The number of piperidine rings is 1. The molecule has 1 aliphatic carbocycles. The number of anilines is 1. The zero-order valence-corrected chi connectivity index (χ0v) is 13.0. The van der Waals surface area contributed by atoms with Gasteiger partial charge in [-0.05, 0) is 44.6 Å². The summed E-state index contributed by atoms with van der Waals surface area (Å²) < 4.78 is 0. The summed E-state index contributed by atoms with van der Waals surface area (Å²) in [5, 5.41) is 9.24. The molecule has 21 heavy (non-hydrogen) atoms. The number of aromatic nitrogens is 2. The lowest BCUT2D eigenvalue weighted by molar-refractivity contribution is 0.0709. The highest BCUT2D eigenvalue weighted by atomic mass is 32.1. The number of aryl methyl sites for hydroxylation is 2. The van der Waals surface area contributed by atoms with Crippen LogP contribution in [0.4, 0.5) is 5.69 Å². The molecule has 2 aliphatic rings. The van der Waals surface area contributed by atoms with E-state index in [0.717, 1.165) is 40.9 Å². The van der Waals surface area contributed by atoms with E-state index in [0.29, 0.717) is 22.5 Å². The monoisotopic (exact) mass is 302 g/mol. The molecule has 110 valence electrons. The van der Waals surface area contributed by atoms with Crippen LogP contribution < -0.4 is 5.73 Å². The third-order valence-electron chi connectivity index (χ3n) is 5.00. The average molecular weight is 302 g/mol. The number of amides is 1. The van der Waals surface area contributed by atoms with Gasteiger partial charge in [0.05, 0.1) is 11.4 Å². The molecule has 1 saturated heterocycles. The molecule has 5 nitrogen and oxygen atoms in total. The number of thiophene rings is 1. The Kier molecular flexibility index (Phi) is 2.73. The van der Waals surface area contributed by atoms with Crippen LogP contribution in [0.5, 0.6) is 0 Å². The van der Waals surface area contributed by atoms with E-state index in [9.17, 15) is 4.79 Å². The van der Waals surface area contributed by atoms with Crippen molar-refractivity contribution in [2.24, 2.45) is 5.92 Å². The normalized spacial score (nSPS) is 24.2. The Balaban J connectivity index is 1.78. The lowest BCUT2D eigenvalue weighted by atomic mass is 10.1. The van der Waals surface area contributed by atoms with Gasteiger partial charge in [-0.25, -0.2) is 0 Å². The molecule has 2 atom stereocenters. The Morgan fingerprint density at radius 1 is 1.33 bits per heavy atom.